The average molecular weight is 435 g/mol. The second kappa shape index (κ2) is 8.93. The van der Waals surface area contributed by atoms with Gasteiger partial charge in [0.25, 0.3) is 5.91 Å². The first-order valence-electron chi connectivity index (χ1n) is 9.58. The van der Waals surface area contributed by atoms with Crippen LogP contribution in [0.25, 0.3) is 16.9 Å². The highest BCUT2D eigenvalue weighted by Gasteiger charge is 2.27. The van der Waals surface area contributed by atoms with Crippen molar-refractivity contribution in [3.63, 3.8) is 0 Å². The molecule has 10 heteroatoms. The van der Waals surface area contributed by atoms with Crippen molar-refractivity contribution in [2.75, 3.05) is 18.4 Å². The molecule has 0 aliphatic carbocycles. The molecule has 0 saturated carbocycles. The van der Waals surface area contributed by atoms with Crippen LogP contribution in [0.3, 0.4) is 0 Å². The fraction of sp³-hybridized carbons (Fsp3) is 0.400. The van der Waals surface area contributed by atoms with Crippen LogP contribution in [0.4, 0.5) is 10.1 Å². The molecule has 30 heavy (non-hydrogen) atoms. The molecule has 3 heterocycles. The van der Waals surface area contributed by atoms with Crippen LogP contribution in [0, 0.1) is 0 Å². The van der Waals surface area contributed by atoms with Crippen molar-refractivity contribution in [3.05, 3.63) is 41.4 Å². The predicted octanol–water partition coefficient (Wildman–Crippen LogP) is 3.11. The number of aliphatic hydroxyl groups is 1. The van der Waals surface area contributed by atoms with Crippen LogP contribution < -0.4 is 10.6 Å². The van der Waals surface area contributed by atoms with Gasteiger partial charge in [0, 0.05) is 18.9 Å². The summed E-state index contributed by atoms with van der Waals surface area (Å²) in [5, 5.41) is 20.1. The number of amides is 1. The summed E-state index contributed by atoms with van der Waals surface area (Å²) in [6, 6.07) is 1.74. The molecule has 3 aromatic heterocycles. The number of anilines is 1. The maximum Gasteiger partial charge on any atom is 0.255 e. The van der Waals surface area contributed by atoms with Crippen molar-refractivity contribution in [2.24, 2.45) is 0 Å². The Labute approximate surface area is 178 Å². The number of aromatic nitrogens is 4. The van der Waals surface area contributed by atoms with Crippen molar-refractivity contribution in [3.8, 4) is 11.3 Å². The third kappa shape index (κ3) is 4.85. The minimum Gasteiger partial charge on any atom is -0.387 e. The lowest BCUT2D eigenvalue weighted by atomic mass is 10.0. The summed E-state index contributed by atoms with van der Waals surface area (Å²) in [4.78, 5) is 21.3. The molecule has 1 amide bonds. The maximum atomic E-state index is 14.0. The van der Waals surface area contributed by atoms with Gasteiger partial charge in [0.15, 0.2) is 5.65 Å². The highest BCUT2D eigenvalue weighted by Crippen LogP contribution is 2.26. The van der Waals surface area contributed by atoms with Crippen molar-refractivity contribution in [1.29, 1.82) is 0 Å². The number of pyridine rings is 1. The molecule has 0 unspecified atom stereocenters. The highest BCUT2D eigenvalue weighted by molar-refractivity contribution is 6.30. The number of carbonyl (C=O) groups excluding carboxylic acids is 1. The predicted molar refractivity (Wildman–Crippen MR) is 114 cm³/mol. The minimum atomic E-state index is -1.60. The molecule has 3 aromatic rings. The third-order valence-corrected chi connectivity index (χ3v) is 4.72. The number of nitrogens with zero attached hydrogens (tertiary/aromatic N) is 4. The lowest BCUT2D eigenvalue weighted by Gasteiger charge is -2.22. The Bertz CT molecular complexity index is 1050. The van der Waals surface area contributed by atoms with Gasteiger partial charge in [-0.05, 0) is 26.3 Å². The van der Waals surface area contributed by atoms with E-state index in [2.05, 4.69) is 25.7 Å². The first-order valence-corrected chi connectivity index (χ1v) is 9.96. The van der Waals surface area contributed by atoms with Gasteiger partial charge in [-0.15, -0.1) is 0 Å². The molecule has 0 bridgehead atoms. The number of carbonyl (C=O) groups is 1. The molecule has 3 N–H and O–H groups in total. The van der Waals surface area contributed by atoms with Crippen LogP contribution in [-0.4, -0.2) is 55.5 Å². The van der Waals surface area contributed by atoms with E-state index >= 15 is 0 Å². The molecule has 0 spiro atoms. The van der Waals surface area contributed by atoms with E-state index in [1.54, 1.807) is 23.0 Å². The lowest BCUT2D eigenvalue weighted by molar-refractivity contribution is -0.00177. The van der Waals surface area contributed by atoms with Gasteiger partial charge in [-0.3, -0.25) is 9.78 Å². The molecular weight excluding hydrogens is 411 g/mol. The fourth-order valence-electron chi connectivity index (χ4n) is 2.75. The molecule has 0 fully saturated rings. The first kappa shape index (κ1) is 21.9. The number of halogens is 2. The van der Waals surface area contributed by atoms with E-state index in [9.17, 15) is 14.3 Å². The van der Waals surface area contributed by atoms with E-state index in [1.807, 2.05) is 6.92 Å². The molecule has 8 nitrogen and oxygen atoms in total. The van der Waals surface area contributed by atoms with Crippen molar-refractivity contribution in [1.82, 2.24) is 24.9 Å². The zero-order chi connectivity index (χ0) is 21.9. The molecule has 0 aliphatic rings. The fourth-order valence-corrected chi connectivity index (χ4v) is 2.89. The Hall–Kier alpha value is -2.78. The first-order chi connectivity index (χ1) is 14.2. The molecule has 0 aromatic carbocycles. The highest BCUT2D eigenvalue weighted by atomic mass is 35.5. The molecular formula is C20H24ClFN6O2. The van der Waals surface area contributed by atoms with Crippen LogP contribution in [0.15, 0.2) is 30.9 Å². The molecule has 3 rings (SSSR count). The smallest absolute Gasteiger partial charge is 0.255 e. The zero-order valence-electron chi connectivity index (χ0n) is 17.0. The average Bonchev–Trinajstić information content (AvgIpc) is 3.12. The van der Waals surface area contributed by atoms with Crippen LogP contribution in [-0.2, 0) is 0 Å². The summed E-state index contributed by atoms with van der Waals surface area (Å²) < 4.78 is 15.5. The van der Waals surface area contributed by atoms with Crippen molar-refractivity contribution >= 4 is 28.8 Å². The maximum absolute atomic E-state index is 14.0. The zero-order valence-corrected chi connectivity index (χ0v) is 17.7. The Kier molecular flexibility index (Phi) is 6.52. The van der Waals surface area contributed by atoms with Gasteiger partial charge >= 0.3 is 0 Å². The van der Waals surface area contributed by atoms with Gasteiger partial charge in [-0.2, -0.15) is 5.10 Å². The van der Waals surface area contributed by atoms with Gasteiger partial charge in [0.1, 0.15) is 6.17 Å². The van der Waals surface area contributed by atoms with Crippen LogP contribution in [0.2, 0.25) is 5.02 Å². The summed E-state index contributed by atoms with van der Waals surface area (Å²) in [7, 11) is 0. The third-order valence-electron chi connectivity index (χ3n) is 4.52. The number of alkyl halides is 1. The summed E-state index contributed by atoms with van der Waals surface area (Å²) in [6.45, 7) is 5.04. The Morgan fingerprint density at radius 1 is 1.33 bits per heavy atom. The molecule has 0 saturated heterocycles. The standard InChI is InChI=1S/C20H24ClFN6O2/c1-4-5-23-16-6-15(13-9-27-28-11-12(21)7-25-18(13)28)24-8-14(16)19(29)26-10-17(22)20(2,3)30/h6-9,11,17,30H,4-5,10H2,1-3H3,(H,23,24)(H,26,29)/t17-/m1/s1. The van der Waals surface area contributed by atoms with E-state index in [0.29, 0.717) is 34.2 Å². The summed E-state index contributed by atoms with van der Waals surface area (Å²) in [5.74, 6) is -0.482. The SMILES string of the molecule is CCCNc1cc(-c2cnn3cc(Cl)cnc23)ncc1C(=O)NC[C@@H](F)C(C)(C)O. The van der Waals surface area contributed by atoms with E-state index in [0.717, 1.165) is 6.42 Å². The molecule has 160 valence electrons. The molecule has 0 radical (unpaired) electrons. The van der Waals surface area contributed by atoms with Crippen LogP contribution in [0.5, 0.6) is 0 Å². The number of fused-ring (bicyclic) bond motifs is 1. The summed E-state index contributed by atoms with van der Waals surface area (Å²) in [6.07, 6.45) is 5.47. The Morgan fingerprint density at radius 2 is 2.10 bits per heavy atom. The minimum absolute atomic E-state index is 0.280. The molecule has 1 atom stereocenters. The van der Waals surface area contributed by atoms with E-state index in [1.165, 1.54) is 26.2 Å². The molecule has 0 aliphatic heterocycles. The van der Waals surface area contributed by atoms with Gasteiger partial charge in [0.05, 0.1) is 52.1 Å². The number of rotatable bonds is 8. The van der Waals surface area contributed by atoms with Gasteiger partial charge in [0.2, 0.25) is 0 Å². The van der Waals surface area contributed by atoms with E-state index in [-0.39, 0.29) is 12.1 Å². The Morgan fingerprint density at radius 3 is 2.80 bits per heavy atom. The van der Waals surface area contributed by atoms with E-state index < -0.39 is 17.7 Å². The van der Waals surface area contributed by atoms with Crippen molar-refractivity contribution in [2.45, 2.75) is 39.0 Å². The largest absolute Gasteiger partial charge is 0.387 e. The monoisotopic (exact) mass is 434 g/mol. The van der Waals surface area contributed by atoms with E-state index in [4.69, 9.17) is 11.6 Å². The number of hydrogen-bond donors (Lipinski definition) is 3. The second-order valence-corrected chi connectivity index (χ2v) is 7.91. The van der Waals surface area contributed by atoms with Crippen molar-refractivity contribution < 1.29 is 14.3 Å². The topological polar surface area (TPSA) is 104 Å². The lowest BCUT2D eigenvalue weighted by Crippen LogP contribution is -2.42. The van der Waals surface area contributed by atoms with Gasteiger partial charge in [-0.1, -0.05) is 18.5 Å². The quantitative estimate of drug-likeness (QED) is 0.503. The van der Waals surface area contributed by atoms with Gasteiger partial charge < -0.3 is 15.7 Å². The Balaban J connectivity index is 1.90. The van der Waals surface area contributed by atoms with Gasteiger partial charge in [-0.25, -0.2) is 13.9 Å². The number of hydrogen-bond acceptors (Lipinski definition) is 6. The summed E-state index contributed by atoms with van der Waals surface area (Å²) in [5.41, 5.74) is 1.14. The normalized spacial score (nSPS) is 12.7. The van der Waals surface area contributed by atoms with Crippen LogP contribution >= 0.6 is 11.6 Å². The second-order valence-electron chi connectivity index (χ2n) is 7.47. The van der Waals surface area contributed by atoms with Crippen LogP contribution in [0.1, 0.15) is 37.6 Å². The summed E-state index contributed by atoms with van der Waals surface area (Å²) >= 11 is 5.96. The number of nitrogens with one attached hydrogen (secondary N) is 2.